The molecule has 1 aliphatic heterocycles. The predicted octanol–water partition coefficient (Wildman–Crippen LogP) is 2.05. The quantitative estimate of drug-likeness (QED) is 0.859. The molecule has 0 bridgehead atoms. The fourth-order valence-electron chi connectivity index (χ4n) is 2.93. The van der Waals surface area contributed by atoms with Gasteiger partial charge in [-0.25, -0.2) is 4.68 Å². The van der Waals surface area contributed by atoms with Gasteiger partial charge in [-0.3, -0.25) is 9.59 Å². The van der Waals surface area contributed by atoms with Crippen molar-refractivity contribution in [2.24, 2.45) is 0 Å². The summed E-state index contributed by atoms with van der Waals surface area (Å²) >= 11 is 0. The molecule has 1 saturated heterocycles. The van der Waals surface area contributed by atoms with E-state index in [0.717, 1.165) is 38.1 Å². The highest BCUT2D eigenvalue weighted by molar-refractivity contribution is 5.95. The number of aromatic nitrogens is 2. The van der Waals surface area contributed by atoms with E-state index < -0.39 is 6.04 Å². The number of benzene rings is 1. The molecule has 0 aliphatic carbocycles. The van der Waals surface area contributed by atoms with Gasteiger partial charge in [0.2, 0.25) is 5.91 Å². The molecule has 0 saturated carbocycles. The van der Waals surface area contributed by atoms with Gasteiger partial charge in [0.1, 0.15) is 17.5 Å². The number of likely N-dealkylation sites (tertiary alicyclic amines) is 1. The number of para-hydroxylation sites is 1. The Morgan fingerprint density at radius 3 is 2.62 bits per heavy atom. The largest absolute Gasteiger partial charge is 0.471 e. The molecule has 1 atom stereocenters. The number of piperidine rings is 1. The van der Waals surface area contributed by atoms with Crippen molar-refractivity contribution in [3.63, 3.8) is 0 Å². The molecular weight excluding hydrogens is 332 g/mol. The van der Waals surface area contributed by atoms with Gasteiger partial charge in [-0.2, -0.15) is 5.10 Å². The summed E-state index contributed by atoms with van der Waals surface area (Å²) in [4.78, 5) is 26.5. The molecule has 1 N–H and O–H groups in total. The topological polar surface area (TPSA) is 76.5 Å². The molecule has 1 aromatic heterocycles. The minimum Gasteiger partial charge on any atom is -0.471 e. The van der Waals surface area contributed by atoms with E-state index in [1.807, 2.05) is 35.2 Å². The van der Waals surface area contributed by atoms with E-state index in [1.54, 1.807) is 23.9 Å². The van der Waals surface area contributed by atoms with Gasteiger partial charge < -0.3 is 15.0 Å². The highest BCUT2D eigenvalue weighted by Crippen LogP contribution is 2.11. The van der Waals surface area contributed by atoms with Crippen molar-refractivity contribution in [3.8, 4) is 5.75 Å². The van der Waals surface area contributed by atoms with Crippen LogP contribution < -0.4 is 10.1 Å². The lowest BCUT2D eigenvalue weighted by Gasteiger charge is -2.29. The molecule has 0 radical (unpaired) electrons. The van der Waals surface area contributed by atoms with Gasteiger partial charge in [-0.1, -0.05) is 18.2 Å². The van der Waals surface area contributed by atoms with Gasteiger partial charge in [-0.05, 0) is 44.4 Å². The molecule has 2 amide bonds. The molecule has 0 unspecified atom stereocenters. The summed E-state index contributed by atoms with van der Waals surface area (Å²) < 4.78 is 7.13. The van der Waals surface area contributed by atoms with E-state index in [9.17, 15) is 9.59 Å². The first-order chi connectivity index (χ1) is 12.6. The maximum Gasteiger partial charge on any atom is 0.272 e. The summed E-state index contributed by atoms with van der Waals surface area (Å²) in [7, 11) is 0. The third-order valence-electron chi connectivity index (χ3n) is 4.37. The van der Waals surface area contributed by atoms with Crippen LogP contribution in [-0.4, -0.2) is 45.6 Å². The van der Waals surface area contributed by atoms with Crippen LogP contribution in [0.25, 0.3) is 0 Å². The Balaban J connectivity index is 1.51. The lowest BCUT2D eigenvalue weighted by Crippen LogP contribution is -2.48. The van der Waals surface area contributed by atoms with Crippen LogP contribution in [0.15, 0.2) is 42.6 Å². The normalized spacial score (nSPS) is 15.3. The predicted molar refractivity (Wildman–Crippen MR) is 96.7 cm³/mol. The number of carbonyl (C=O) groups is 2. The molecule has 138 valence electrons. The number of carbonyl (C=O) groups excluding carboxylic acids is 2. The number of nitrogens with one attached hydrogen (secondary N) is 1. The smallest absolute Gasteiger partial charge is 0.272 e. The van der Waals surface area contributed by atoms with Crippen LogP contribution in [0.2, 0.25) is 0 Å². The van der Waals surface area contributed by atoms with Gasteiger partial charge in [0.05, 0.1) is 0 Å². The third kappa shape index (κ3) is 4.62. The average Bonchev–Trinajstić information content (AvgIpc) is 3.16. The molecule has 1 aliphatic rings. The van der Waals surface area contributed by atoms with E-state index in [0.29, 0.717) is 0 Å². The second-order valence-electron chi connectivity index (χ2n) is 6.41. The zero-order valence-corrected chi connectivity index (χ0v) is 14.9. The van der Waals surface area contributed by atoms with Gasteiger partial charge in [0.15, 0.2) is 6.73 Å². The Hall–Kier alpha value is -2.83. The van der Waals surface area contributed by atoms with Crippen LogP contribution in [0.5, 0.6) is 5.75 Å². The Bertz CT molecular complexity index is 738. The minimum absolute atomic E-state index is 0.0371. The fourth-order valence-corrected chi connectivity index (χ4v) is 2.93. The minimum atomic E-state index is -0.564. The second-order valence-corrected chi connectivity index (χ2v) is 6.41. The van der Waals surface area contributed by atoms with Crippen molar-refractivity contribution in [2.75, 3.05) is 13.1 Å². The number of hydrogen-bond acceptors (Lipinski definition) is 4. The highest BCUT2D eigenvalue weighted by atomic mass is 16.5. The zero-order valence-electron chi connectivity index (χ0n) is 14.9. The second kappa shape index (κ2) is 8.51. The zero-order chi connectivity index (χ0) is 18.4. The Morgan fingerprint density at radius 2 is 1.88 bits per heavy atom. The molecule has 2 heterocycles. The van der Waals surface area contributed by atoms with E-state index in [1.165, 1.54) is 0 Å². The number of ether oxygens (including phenoxy) is 1. The molecule has 2 aromatic rings. The Kier molecular flexibility index (Phi) is 5.88. The first kappa shape index (κ1) is 18.0. The summed E-state index contributed by atoms with van der Waals surface area (Å²) in [6.07, 6.45) is 4.89. The lowest BCUT2D eigenvalue weighted by molar-refractivity contribution is -0.133. The van der Waals surface area contributed by atoms with Crippen molar-refractivity contribution in [2.45, 2.75) is 39.0 Å². The average molecular weight is 356 g/mol. The monoisotopic (exact) mass is 356 g/mol. The third-order valence-corrected chi connectivity index (χ3v) is 4.37. The highest BCUT2D eigenvalue weighted by Gasteiger charge is 2.24. The number of amides is 2. The first-order valence-electron chi connectivity index (χ1n) is 8.94. The maximum absolute atomic E-state index is 12.4. The van der Waals surface area contributed by atoms with Crippen LogP contribution in [0, 0.1) is 0 Å². The lowest BCUT2D eigenvalue weighted by atomic mass is 10.1. The SMILES string of the molecule is C[C@@H](NC(=O)c1ccn(COc2ccccc2)n1)C(=O)N1CCCCC1. The number of nitrogens with zero attached hydrogens (tertiary/aromatic N) is 3. The van der Waals surface area contributed by atoms with Crippen molar-refractivity contribution < 1.29 is 14.3 Å². The van der Waals surface area contributed by atoms with Gasteiger partial charge in [0, 0.05) is 19.3 Å². The summed E-state index contributed by atoms with van der Waals surface area (Å²) in [5.41, 5.74) is 0.264. The van der Waals surface area contributed by atoms with E-state index in [2.05, 4.69) is 10.4 Å². The van der Waals surface area contributed by atoms with Crippen molar-refractivity contribution in [1.82, 2.24) is 20.0 Å². The fraction of sp³-hybridized carbons (Fsp3) is 0.421. The summed E-state index contributed by atoms with van der Waals surface area (Å²) in [6, 6.07) is 10.4. The van der Waals surface area contributed by atoms with Crippen LogP contribution in [0.4, 0.5) is 0 Å². The van der Waals surface area contributed by atoms with Crippen LogP contribution in [0.1, 0.15) is 36.7 Å². The standard InChI is InChI=1S/C19H24N4O3/c1-15(19(25)22-11-6-3-7-12-22)20-18(24)17-10-13-23(21-17)14-26-16-8-4-2-5-9-16/h2,4-5,8-10,13,15H,3,6-7,11-12,14H2,1H3,(H,20,24)/t15-/m1/s1. The van der Waals surface area contributed by atoms with Crippen molar-refractivity contribution in [1.29, 1.82) is 0 Å². The Labute approximate surface area is 152 Å². The molecule has 0 spiro atoms. The molecule has 1 aromatic carbocycles. The van der Waals surface area contributed by atoms with Crippen LogP contribution in [0.3, 0.4) is 0 Å². The summed E-state index contributed by atoms with van der Waals surface area (Å²) in [6.45, 7) is 3.46. The molecule has 7 nitrogen and oxygen atoms in total. The first-order valence-corrected chi connectivity index (χ1v) is 8.94. The van der Waals surface area contributed by atoms with Gasteiger partial charge in [-0.15, -0.1) is 0 Å². The molecule has 26 heavy (non-hydrogen) atoms. The van der Waals surface area contributed by atoms with Crippen molar-refractivity contribution in [3.05, 3.63) is 48.3 Å². The summed E-state index contributed by atoms with van der Waals surface area (Å²) in [5, 5.41) is 6.94. The summed E-state index contributed by atoms with van der Waals surface area (Å²) in [5.74, 6) is 0.334. The van der Waals surface area contributed by atoms with Crippen LogP contribution in [-0.2, 0) is 11.5 Å². The number of rotatable bonds is 6. The molecule has 1 fully saturated rings. The molecule has 7 heteroatoms. The molecular formula is C19H24N4O3. The maximum atomic E-state index is 12.4. The van der Waals surface area contributed by atoms with Crippen LogP contribution >= 0.6 is 0 Å². The van der Waals surface area contributed by atoms with E-state index >= 15 is 0 Å². The van der Waals surface area contributed by atoms with E-state index in [4.69, 9.17) is 4.74 Å². The Morgan fingerprint density at radius 1 is 1.15 bits per heavy atom. The molecule has 3 rings (SSSR count). The van der Waals surface area contributed by atoms with Gasteiger partial charge >= 0.3 is 0 Å². The van der Waals surface area contributed by atoms with E-state index in [-0.39, 0.29) is 24.2 Å². The van der Waals surface area contributed by atoms with Gasteiger partial charge in [0.25, 0.3) is 5.91 Å². The number of hydrogen-bond donors (Lipinski definition) is 1. The van der Waals surface area contributed by atoms with Crippen molar-refractivity contribution >= 4 is 11.8 Å².